The van der Waals surface area contributed by atoms with E-state index in [0.717, 1.165) is 40.3 Å². The summed E-state index contributed by atoms with van der Waals surface area (Å²) in [5, 5.41) is 1.60. The van der Waals surface area contributed by atoms with Crippen molar-refractivity contribution >= 4 is 39.2 Å². The summed E-state index contributed by atoms with van der Waals surface area (Å²) >= 11 is 6.10. The molecular formula is C17H18ClN3O. The van der Waals surface area contributed by atoms with Crippen LogP contribution >= 0.6 is 11.6 Å². The number of pyridine rings is 1. The number of hydrogen-bond donors (Lipinski definition) is 3. The summed E-state index contributed by atoms with van der Waals surface area (Å²) in [7, 11) is 0. The quantitative estimate of drug-likeness (QED) is 0.626. The van der Waals surface area contributed by atoms with Gasteiger partial charge in [-0.05, 0) is 37.0 Å². The SMILES string of the molecule is Nc1c(C2CCCCC2)c2[nH]c3ccc(Cl)cc3c2[nH]c1=O. The van der Waals surface area contributed by atoms with E-state index in [1.54, 1.807) is 0 Å². The van der Waals surface area contributed by atoms with Crippen LogP contribution in [-0.4, -0.2) is 9.97 Å². The molecule has 0 unspecified atom stereocenters. The van der Waals surface area contributed by atoms with E-state index in [1.807, 2.05) is 18.2 Å². The van der Waals surface area contributed by atoms with Gasteiger partial charge in [0.15, 0.2) is 0 Å². The number of aromatic nitrogens is 2. The summed E-state index contributed by atoms with van der Waals surface area (Å²) in [6, 6.07) is 5.67. The number of anilines is 1. The molecule has 1 aliphatic rings. The van der Waals surface area contributed by atoms with Gasteiger partial charge in [-0.15, -0.1) is 0 Å². The maximum atomic E-state index is 12.3. The second kappa shape index (κ2) is 5.06. The van der Waals surface area contributed by atoms with Crippen molar-refractivity contribution in [1.29, 1.82) is 0 Å². The molecule has 5 heteroatoms. The van der Waals surface area contributed by atoms with Gasteiger partial charge in [-0.25, -0.2) is 0 Å². The Morgan fingerprint density at radius 3 is 2.64 bits per heavy atom. The molecule has 1 aromatic carbocycles. The van der Waals surface area contributed by atoms with Crippen LogP contribution in [-0.2, 0) is 0 Å². The fraction of sp³-hybridized carbons (Fsp3) is 0.353. The summed E-state index contributed by atoms with van der Waals surface area (Å²) in [5.41, 5.74) is 10.0. The van der Waals surface area contributed by atoms with Crippen LogP contribution in [0, 0.1) is 0 Å². The zero-order valence-electron chi connectivity index (χ0n) is 12.2. The zero-order chi connectivity index (χ0) is 15.3. The first-order valence-corrected chi connectivity index (χ1v) is 8.15. The molecule has 4 rings (SSSR count). The molecule has 1 saturated carbocycles. The lowest BCUT2D eigenvalue weighted by Gasteiger charge is -2.23. The molecule has 0 saturated heterocycles. The van der Waals surface area contributed by atoms with Gasteiger partial charge in [0, 0.05) is 21.5 Å². The molecule has 1 aliphatic carbocycles. The molecule has 2 heterocycles. The minimum absolute atomic E-state index is 0.200. The summed E-state index contributed by atoms with van der Waals surface area (Å²) in [5.74, 6) is 0.363. The van der Waals surface area contributed by atoms with Crippen molar-refractivity contribution in [2.75, 3.05) is 5.73 Å². The van der Waals surface area contributed by atoms with E-state index >= 15 is 0 Å². The molecule has 4 N–H and O–H groups in total. The van der Waals surface area contributed by atoms with Crippen molar-refractivity contribution in [1.82, 2.24) is 9.97 Å². The first kappa shape index (κ1) is 13.7. The molecule has 22 heavy (non-hydrogen) atoms. The number of benzene rings is 1. The minimum Gasteiger partial charge on any atom is -0.394 e. The van der Waals surface area contributed by atoms with E-state index in [4.69, 9.17) is 17.3 Å². The van der Waals surface area contributed by atoms with E-state index in [-0.39, 0.29) is 5.56 Å². The van der Waals surface area contributed by atoms with Gasteiger partial charge in [-0.2, -0.15) is 0 Å². The Hall–Kier alpha value is -1.94. The van der Waals surface area contributed by atoms with Crippen LogP contribution in [0.15, 0.2) is 23.0 Å². The third-order valence-corrected chi connectivity index (χ3v) is 5.05. The highest BCUT2D eigenvalue weighted by Crippen LogP contribution is 2.39. The highest BCUT2D eigenvalue weighted by molar-refractivity contribution is 6.31. The van der Waals surface area contributed by atoms with Crippen molar-refractivity contribution in [2.24, 2.45) is 0 Å². The predicted octanol–water partition coefficient (Wildman–Crippen LogP) is 4.29. The molecule has 1 fully saturated rings. The second-order valence-electron chi connectivity index (χ2n) is 6.18. The topological polar surface area (TPSA) is 74.7 Å². The Balaban J connectivity index is 2.07. The monoisotopic (exact) mass is 315 g/mol. The van der Waals surface area contributed by atoms with Crippen LogP contribution in [0.25, 0.3) is 21.9 Å². The van der Waals surface area contributed by atoms with Gasteiger partial charge >= 0.3 is 0 Å². The van der Waals surface area contributed by atoms with Crippen LogP contribution in [0.5, 0.6) is 0 Å². The first-order valence-electron chi connectivity index (χ1n) is 7.77. The first-order chi connectivity index (χ1) is 10.6. The van der Waals surface area contributed by atoms with Gasteiger partial charge in [-0.3, -0.25) is 4.79 Å². The van der Waals surface area contributed by atoms with Crippen LogP contribution in [0.4, 0.5) is 5.69 Å². The predicted molar refractivity (Wildman–Crippen MR) is 91.7 cm³/mol. The average Bonchev–Trinajstić information content (AvgIpc) is 2.87. The van der Waals surface area contributed by atoms with E-state index in [2.05, 4.69) is 9.97 Å². The lowest BCUT2D eigenvalue weighted by atomic mass is 9.83. The Labute approximate surface area is 132 Å². The van der Waals surface area contributed by atoms with Gasteiger partial charge in [0.25, 0.3) is 5.56 Å². The Morgan fingerprint density at radius 2 is 1.86 bits per heavy atom. The van der Waals surface area contributed by atoms with Crippen molar-refractivity contribution in [2.45, 2.75) is 38.0 Å². The van der Waals surface area contributed by atoms with E-state index in [1.165, 1.54) is 19.3 Å². The van der Waals surface area contributed by atoms with Gasteiger partial charge in [0.05, 0.1) is 11.0 Å². The summed E-state index contributed by atoms with van der Waals surface area (Å²) < 4.78 is 0. The number of hydrogen-bond acceptors (Lipinski definition) is 2. The molecule has 3 aromatic rings. The van der Waals surface area contributed by atoms with E-state index in [9.17, 15) is 4.79 Å². The van der Waals surface area contributed by atoms with Crippen LogP contribution < -0.4 is 11.3 Å². The fourth-order valence-corrected chi connectivity index (χ4v) is 3.92. The van der Waals surface area contributed by atoms with E-state index in [0.29, 0.717) is 16.6 Å². The minimum atomic E-state index is -0.200. The van der Waals surface area contributed by atoms with Crippen molar-refractivity contribution < 1.29 is 0 Å². The average molecular weight is 316 g/mol. The Morgan fingerprint density at radius 1 is 1.09 bits per heavy atom. The number of nitrogen functional groups attached to an aromatic ring is 1. The Bertz CT molecular complexity index is 919. The molecule has 0 bridgehead atoms. The lowest BCUT2D eigenvalue weighted by Crippen LogP contribution is -2.18. The van der Waals surface area contributed by atoms with E-state index < -0.39 is 0 Å². The van der Waals surface area contributed by atoms with Crippen molar-refractivity contribution in [3.05, 3.63) is 39.1 Å². The maximum Gasteiger partial charge on any atom is 0.271 e. The smallest absolute Gasteiger partial charge is 0.271 e. The number of nitrogens with two attached hydrogens (primary N) is 1. The number of H-pyrrole nitrogens is 2. The van der Waals surface area contributed by atoms with Crippen LogP contribution in [0.2, 0.25) is 5.02 Å². The number of aromatic amines is 2. The number of nitrogens with one attached hydrogen (secondary N) is 2. The second-order valence-corrected chi connectivity index (χ2v) is 6.62. The highest BCUT2D eigenvalue weighted by atomic mass is 35.5. The number of fused-ring (bicyclic) bond motifs is 3. The molecule has 0 radical (unpaired) electrons. The molecule has 4 nitrogen and oxygen atoms in total. The highest BCUT2D eigenvalue weighted by Gasteiger charge is 2.23. The lowest BCUT2D eigenvalue weighted by molar-refractivity contribution is 0.446. The molecule has 114 valence electrons. The molecule has 0 atom stereocenters. The molecule has 0 aliphatic heterocycles. The summed E-state index contributed by atoms with van der Waals surface area (Å²) in [6.45, 7) is 0. The Kier molecular flexibility index (Phi) is 3.15. The summed E-state index contributed by atoms with van der Waals surface area (Å²) in [4.78, 5) is 18.6. The van der Waals surface area contributed by atoms with Gasteiger partial charge in [-0.1, -0.05) is 30.9 Å². The van der Waals surface area contributed by atoms with Crippen molar-refractivity contribution in [3.8, 4) is 0 Å². The zero-order valence-corrected chi connectivity index (χ0v) is 13.0. The molecular weight excluding hydrogens is 298 g/mol. The van der Waals surface area contributed by atoms with Crippen LogP contribution in [0.1, 0.15) is 43.6 Å². The molecule has 0 spiro atoms. The van der Waals surface area contributed by atoms with Crippen molar-refractivity contribution in [3.63, 3.8) is 0 Å². The standard InChI is InChI=1S/C17H18ClN3O/c18-10-6-7-12-11(8-10)15-16(20-12)13(14(19)17(22)21-15)9-4-2-1-3-5-9/h6-9,20H,1-5,19H2,(H,21,22). The molecule has 0 amide bonds. The third kappa shape index (κ3) is 2.02. The van der Waals surface area contributed by atoms with Gasteiger partial charge in [0.1, 0.15) is 5.69 Å². The number of rotatable bonds is 1. The maximum absolute atomic E-state index is 12.3. The molecule has 2 aromatic heterocycles. The normalized spacial score (nSPS) is 16.6. The summed E-state index contributed by atoms with van der Waals surface area (Å²) in [6.07, 6.45) is 5.86. The van der Waals surface area contributed by atoms with Gasteiger partial charge in [0.2, 0.25) is 0 Å². The number of halogens is 1. The third-order valence-electron chi connectivity index (χ3n) is 4.82. The fourth-order valence-electron chi connectivity index (χ4n) is 3.75. The largest absolute Gasteiger partial charge is 0.394 e. The van der Waals surface area contributed by atoms with Gasteiger partial charge < -0.3 is 15.7 Å². The van der Waals surface area contributed by atoms with Crippen LogP contribution in [0.3, 0.4) is 0 Å².